The van der Waals surface area contributed by atoms with Crippen LogP contribution >= 0.6 is 0 Å². The van der Waals surface area contributed by atoms with Gasteiger partial charge in [-0.2, -0.15) is 0 Å². The highest BCUT2D eigenvalue weighted by Crippen LogP contribution is 2.22. The quantitative estimate of drug-likeness (QED) is 0.752. The van der Waals surface area contributed by atoms with Crippen LogP contribution in [0.25, 0.3) is 10.9 Å². The summed E-state index contributed by atoms with van der Waals surface area (Å²) in [4.78, 5) is 4.55. The number of nitrogens with zero attached hydrogens (tertiary/aromatic N) is 1. The second kappa shape index (κ2) is 7.82. The lowest BCUT2D eigenvalue weighted by Crippen LogP contribution is -2.12. The highest BCUT2D eigenvalue weighted by atomic mass is 16.5. The number of hydrogen-bond donors (Lipinski definition) is 1. The minimum absolute atomic E-state index is 0.625. The third-order valence-corrected chi connectivity index (χ3v) is 3.09. The van der Waals surface area contributed by atoms with Gasteiger partial charge in [-0.1, -0.05) is 25.1 Å². The molecule has 1 heterocycles. The molecule has 1 N–H and O–H groups in total. The molecule has 2 rings (SSSR count). The van der Waals surface area contributed by atoms with Crippen LogP contribution in [0.4, 0.5) is 0 Å². The second-order valence-corrected chi connectivity index (χ2v) is 4.61. The monoisotopic (exact) mass is 274 g/mol. The number of methoxy groups -OCH3 is 1. The average molecular weight is 274 g/mol. The van der Waals surface area contributed by atoms with Crippen molar-refractivity contribution in [3.63, 3.8) is 0 Å². The third-order valence-electron chi connectivity index (χ3n) is 3.09. The third kappa shape index (κ3) is 3.92. The van der Waals surface area contributed by atoms with Crippen molar-refractivity contribution >= 4 is 10.9 Å². The van der Waals surface area contributed by atoms with E-state index in [-0.39, 0.29) is 0 Å². The van der Waals surface area contributed by atoms with Gasteiger partial charge in [0.2, 0.25) is 5.88 Å². The van der Waals surface area contributed by atoms with Gasteiger partial charge in [0.05, 0.1) is 12.1 Å². The largest absolute Gasteiger partial charge is 0.478 e. The Morgan fingerprint density at radius 3 is 2.85 bits per heavy atom. The summed E-state index contributed by atoms with van der Waals surface area (Å²) in [6, 6.07) is 10.2. The van der Waals surface area contributed by atoms with Crippen molar-refractivity contribution in [3.8, 4) is 5.88 Å². The molecular formula is C16H22N2O2. The lowest BCUT2D eigenvalue weighted by molar-refractivity contribution is 0.170. The number of hydrogen-bond acceptors (Lipinski definition) is 4. The second-order valence-electron chi connectivity index (χ2n) is 4.61. The molecule has 4 nitrogen and oxygen atoms in total. The van der Waals surface area contributed by atoms with Crippen LogP contribution in [0.15, 0.2) is 30.3 Å². The average Bonchev–Trinajstić information content (AvgIpc) is 2.49. The van der Waals surface area contributed by atoms with Crippen molar-refractivity contribution in [2.24, 2.45) is 0 Å². The summed E-state index contributed by atoms with van der Waals surface area (Å²) in [5.41, 5.74) is 2.20. The standard InChI is InChI=1S/C16H22N2O2/c1-3-17-12-13-11-16(20-10-6-9-19-2)18-15-8-5-4-7-14(13)15/h4-5,7-8,11,17H,3,6,9-10,12H2,1-2H3. The van der Waals surface area contributed by atoms with Crippen LogP contribution in [0, 0.1) is 0 Å². The van der Waals surface area contributed by atoms with Crippen LogP contribution in [0.5, 0.6) is 5.88 Å². The van der Waals surface area contributed by atoms with E-state index in [0.29, 0.717) is 19.1 Å². The summed E-state index contributed by atoms with van der Waals surface area (Å²) >= 11 is 0. The number of para-hydroxylation sites is 1. The van der Waals surface area contributed by atoms with E-state index in [2.05, 4.69) is 23.3 Å². The zero-order chi connectivity index (χ0) is 14.2. The topological polar surface area (TPSA) is 43.4 Å². The van der Waals surface area contributed by atoms with E-state index in [1.165, 1.54) is 10.9 Å². The summed E-state index contributed by atoms with van der Waals surface area (Å²) in [6.45, 7) is 5.21. The van der Waals surface area contributed by atoms with Crippen molar-refractivity contribution in [2.75, 3.05) is 26.9 Å². The van der Waals surface area contributed by atoms with Crippen LogP contribution in [0.3, 0.4) is 0 Å². The van der Waals surface area contributed by atoms with Crippen molar-refractivity contribution in [2.45, 2.75) is 19.9 Å². The van der Waals surface area contributed by atoms with Gasteiger partial charge in [0.15, 0.2) is 0 Å². The molecule has 0 aliphatic rings. The highest BCUT2D eigenvalue weighted by molar-refractivity contribution is 5.82. The minimum Gasteiger partial charge on any atom is -0.478 e. The molecule has 0 saturated carbocycles. The summed E-state index contributed by atoms with van der Waals surface area (Å²) in [6.07, 6.45) is 0.869. The molecule has 108 valence electrons. The van der Waals surface area contributed by atoms with Gasteiger partial charge in [0, 0.05) is 38.1 Å². The molecule has 0 atom stereocenters. The highest BCUT2D eigenvalue weighted by Gasteiger charge is 2.06. The van der Waals surface area contributed by atoms with E-state index >= 15 is 0 Å². The van der Waals surface area contributed by atoms with E-state index < -0.39 is 0 Å². The first-order chi connectivity index (χ1) is 9.85. The van der Waals surface area contributed by atoms with Crippen molar-refractivity contribution in [1.29, 1.82) is 0 Å². The molecule has 0 aliphatic heterocycles. The molecule has 0 saturated heterocycles. The van der Waals surface area contributed by atoms with Crippen molar-refractivity contribution in [1.82, 2.24) is 10.3 Å². The zero-order valence-corrected chi connectivity index (χ0v) is 12.2. The molecule has 20 heavy (non-hydrogen) atoms. The van der Waals surface area contributed by atoms with E-state index in [4.69, 9.17) is 9.47 Å². The first-order valence-corrected chi connectivity index (χ1v) is 7.06. The van der Waals surface area contributed by atoms with Crippen molar-refractivity contribution < 1.29 is 9.47 Å². The smallest absolute Gasteiger partial charge is 0.214 e. The first-order valence-electron chi connectivity index (χ1n) is 7.06. The van der Waals surface area contributed by atoms with Gasteiger partial charge in [-0.15, -0.1) is 0 Å². The van der Waals surface area contributed by atoms with Crippen LogP contribution in [-0.2, 0) is 11.3 Å². The Morgan fingerprint density at radius 1 is 1.20 bits per heavy atom. The Bertz CT molecular complexity index is 543. The van der Waals surface area contributed by atoms with Gasteiger partial charge in [0.1, 0.15) is 0 Å². The summed E-state index contributed by atoms with van der Waals surface area (Å²) in [7, 11) is 1.70. The maximum absolute atomic E-state index is 5.72. The Balaban J connectivity index is 2.18. The molecule has 4 heteroatoms. The van der Waals surface area contributed by atoms with E-state index in [1.807, 2.05) is 24.3 Å². The van der Waals surface area contributed by atoms with E-state index in [1.54, 1.807) is 7.11 Å². The van der Waals surface area contributed by atoms with Crippen LogP contribution < -0.4 is 10.1 Å². The predicted octanol–water partition coefficient (Wildman–Crippen LogP) is 2.76. The summed E-state index contributed by atoms with van der Waals surface area (Å²) in [5.74, 6) is 0.688. The minimum atomic E-state index is 0.625. The summed E-state index contributed by atoms with van der Waals surface area (Å²) < 4.78 is 10.7. The molecule has 0 amide bonds. The maximum Gasteiger partial charge on any atom is 0.214 e. The molecule has 2 aromatic rings. The Morgan fingerprint density at radius 2 is 2.05 bits per heavy atom. The number of benzene rings is 1. The van der Waals surface area contributed by atoms with Gasteiger partial charge in [-0.3, -0.25) is 0 Å². The van der Waals surface area contributed by atoms with Gasteiger partial charge in [0.25, 0.3) is 0 Å². The molecule has 1 aromatic heterocycles. The number of aromatic nitrogens is 1. The van der Waals surface area contributed by atoms with Gasteiger partial charge in [-0.25, -0.2) is 4.98 Å². The molecule has 0 bridgehead atoms. The molecule has 0 unspecified atom stereocenters. The maximum atomic E-state index is 5.72. The van der Waals surface area contributed by atoms with Gasteiger partial charge >= 0.3 is 0 Å². The molecule has 1 aromatic carbocycles. The zero-order valence-electron chi connectivity index (χ0n) is 12.2. The molecule has 0 radical (unpaired) electrons. The fourth-order valence-corrected chi connectivity index (χ4v) is 2.08. The van der Waals surface area contributed by atoms with Crippen LogP contribution in [0.1, 0.15) is 18.9 Å². The van der Waals surface area contributed by atoms with E-state index in [0.717, 1.165) is 25.0 Å². The van der Waals surface area contributed by atoms with Crippen LogP contribution in [-0.4, -0.2) is 31.9 Å². The van der Waals surface area contributed by atoms with Crippen LogP contribution in [0.2, 0.25) is 0 Å². The lowest BCUT2D eigenvalue weighted by atomic mass is 10.1. The fraction of sp³-hybridized carbons (Fsp3) is 0.438. The first kappa shape index (κ1) is 14.8. The Hall–Kier alpha value is -1.65. The Labute approximate surface area is 120 Å². The Kier molecular flexibility index (Phi) is 5.77. The lowest BCUT2D eigenvalue weighted by Gasteiger charge is -2.11. The number of nitrogens with one attached hydrogen (secondary N) is 1. The fourth-order valence-electron chi connectivity index (χ4n) is 2.08. The molecule has 0 fully saturated rings. The molecule has 0 aliphatic carbocycles. The molecule has 0 spiro atoms. The predicted molar refractivity (Wildman–Crippen MR) is 81.1 cm³/mol. The number of ether oxygens (including phenoxy) is 2. The van der Waals surface area contributed by atoms with Crippen molar-refractivity contribution in [3.05, 3.63) is 35.9 Å². The molecular weight excluding hydrogens is 252 g/mol. The van der Waals surface area contributed by atoms with Gasteiger partial charge in [-0.05, 0) is 18.2 Å². The number of fused-ring (bicyclic) bond motifs is 1. The normalized spacial score (nSPS) is 10.9. The van der Waals surface area contributed by atoms with Gasteiger partial charge < -0.3 is 14.8 Å². The number of rotatable bonds is 8. The summed E-state index contributed by atoms with van der Waals surface area (Å²) in [5, 5.41) is 4.54. The van der Waals surface area contributed by atoms with E-state index in [9.17, 15) is 0 Å². The number of pyridine rings is 1. The SMILES string of the molecule is CCNCc1cc(OCCCOC)nc2ccccc12.